The molecular weight excluding hydrogens is 452 g/mol. The number of hydrogen-bond donors (Lipinski definition) is 1. The fourth-order valence-electron chi connectivity index (χ4n) is 4.36. The number of nitrogens with zero attached hydrogens (tertiary/aromatic N) is 2. The number of carbonyl (C=O) groups is 1. The predicted octanol–water partition coefficient (Wildman–Crippen LogP) is 3.16. The second-order valence-electron chi connectivity index (χ2n) is 8.87. The highest BCUT2D eigenvalue weighted by Gasteiger charge is 2.33. The van der Waals surface area contributed by atoms with Crippen molar-refractivity contribution < 1.29 is 23.1 Å². The second-order valence-corrected chi connectivity index (χ2v) is 11.1. The van der Waals surface area contributed by atoms with E-state index < -0.39 is 15.9 Å². The molecular formula is C26H36N2O5S. The molecule has 8 heteroatoms. The summed E-state index contributed by atoms with van der Waals surface area (Å²) in [5, 5.41) is 10.7. The first-order valence-corrected chi connectivity index (χ1v) is 13.7. The summed E-state index contributed by atoms with van der Waals surface area (Å²) < 4.78 is 30.0. The van der Waals surface area contributed by atoms with Crippen molar-refractivity contribution in [3.63, 3.8) is 0 Å². The van der Waals surface area contributed by atoms with Gasteiger partial charge in [-0.05, 0) is 57.0 Å². The van der Waals surface area contributed by atoms with Crippen molar-refractivity contribution in [1.29, 1.82) is 0 Å². The molecule has 186 valence electrons. The van der Waals surface area contributed by atoms with Crippen LogP contribution in [0.2, 0.25) is 0 Å². The van der Waals surface area contributed by atoms with Crippen LogP contribution in [0, 0.1) is 0 Å². The van der Waals surface area contributed by atoms with Crippen LogP contribution >= 0.6 is 0 Å². The predicted molar refractivity (Wildman–Crippen MR) is 135 cm³/mol. The van der Waals surface area contributed by atoms with Crippen LogP contribution in [0.25, 0.3) is 0 Å². The van der Waals surface area contributed by atoms with Gasteiger partial charge >= 0.3 is 0 Å². The highest BCUT2D eigenvalue weighted by atomic mass is 32.2. The summed E-state index contributed by atoms with van der Waals surface area (Å²) in [5.74, 6) is 0.763. The number of anilines is 1. The van der Waals surface area contributed by atoms with Gasteiger partial charge < -0.3 is 14.7 Å². The molecule has 1 N–H and O–H groups in total. The SMILES string of the molecule is CCN(CC)c1ccc(CN(CC(O)COc2cccc(C(C)=O)c2)C2CCS(=O)(=O)C2)cc1. The number of ether oxygens (including phenoxy) is 1. The molecule has 1 heterocycles. The molecule has 7 nitrogen and oxygen atoms in total. The smallest absolute Gasteiger partial charge is 0.159 e. The lowest BCUT2D eigenvalue weighted by Crippen LogP contribution is -2.42. The summed E-state index contributed by atoms with van der Waals surface area (Å²) in [4.78, 5) is 15.9. The Morgan fingerprint density at radius 1 is 1.15 bits per heavy atom. The number of carbonyl (C=O) groups excluding carboxylic acids is 1. The Morgan fingerprint density at radius 2 is 1.85 bits per heavy atom. The van der Waals surface area contributed by atoms with E-state index in [4.69, 9.17) is 4.74 Å². The molecule has 34 heavy (non-hydrogen) atoms. The van der Waals surface area contributed by atoms with Crippen LogP contribution in [0.4, 0.5) is 5.69 Å². The molecule has 0 radical (unpaired) electrons. The molecule has 0 aromatic heterocycles. The fraction of sp³-hybridized carbons (Fsp3) is 0.500. The zero-order valence-electron chi connectivity index (χ0n) is 20.3. The van der Waals surface area contributed by atoms with Gasteiger partial charge in [-0.25, -0.2) is 8.42 Å². The van der Waals surface area contributed by atoms with Crippen LogP contribution in [0.15, 0.2) is 48.5 Å². The van der Waals surface area contributed by atoms with Gasteiger partial charge in [0.25, 0.3) is 0 Å². The largest absolute Gasteiger partial charge is 0.491 e. The summed E-state index contributed by atoms with van der Waals surface area (Å²) >= 11 is 0. The number of aliphatic hydroxyl groups is 1. The van der Waals surface area contributed by atoms with E-state index in [0.717, 1.165) is 24.3 Å². The van der Waals surface area contributed by atoms with Gasteiger partial charge in [0.2, 0.25) is 0 Å². The van der Waals surface area contributed by atoms with E-state index in [1.807, 2.05) is 0 Å². The Balaban J connectivity index is 1.67. The number of sulfone groups is 1. The van der Waals surface area contributed by atoms with Gasteiger partial charge in [-0.1, -0.05) is 24.3 Å². The van der Waals surface area contributed by atoms with Crippen LogP contribution in [0.1, 0.15) is 43.1 Å². The first-order chi connectivity index (χ1) is 16.2. The molecule has 0 aliphatic carbocycles. The number of hydrogen-bond acceptors (Lipinski definition) is 7. The third-order valence-electron chi connectivity index (χ3n) is 6.30. The molecule has 0 bridgehead atoms. The normalized spacial score (nSPS) is 18.1. The van der Waals surface area contributed by atoms with E-state index in [1.165, 1.54) is 6.92 Å². The van der Waals surface area contributed by atoms with Gasteiger partial charge in [-0.15, -0.1) is 0 Å². The third kappa shape index (κ3) is 7.29. The zero-order valence-corrected chi connectivity index (χ0v) is 21.1. The maximum Gasteiger partial charge on any atom is 0.159 e. The molecule has 1 aliphatic rings. The summed E-state index contributed by atoms with van der Waals surface area (Å²) in [6.07, 6.45) is -0.243. The average molecular weight is 489 g/mol. The van der Waals surface area contributed by atoms with Gasteiger partial charge in [-0.3, -0.25) is 9.69 Å². The van der Waals surface area contributed by atoms with Crippen molar-refractivity contribution in [1.82, 2.24) is 4.90 Å². The molecule has 1 fully saturated rings. The van der Waals surface area contributed by atoms with Gasteiger partial charge in [0.15, 0.2) is 15.6 Å². The van der Waals surface area contributed by atoms with Crippen LogP contribution < -0.4 is 9.64 Å². The number of Topliss-reactive ketones (excluding diaryl/α,β-unsaturated/α-hetero) is 1. The van der Waals surface area contributed by atoms with Gasteiger partial charge in [-0.2, -0.15) is 0 Å². The van der Waals surface area contributed by atoms with E-state index in [1.54, 1.807) is 24.3 Å². The number of ketones is 1. The highest BCUT2D eigenvalue weighted by Crippen LogP contribution is 2.22. The molecule has 3 rings (SSSR count). The van der Waals surface area contributed by atoms with Gasteiger partial charge in [0.1, 0.15) is 18.5 Å². The van der Waals surface area contributed by atoms with E-state index in [0.29, 0.717) is 30.8 Å². The maximum atomic E-state index is 12.1. The Morgan fingerprint density at radius 3 is 2.44 bits per heavy atom. The van der Waals surface area contributed by atoms with Crippen molar-refractivity contribution in [2.45, 2.75) is 45.9 Å². The Hall–Kier alpha value is -2.42. The second kappa shape index (κ2) is 11.8. The van der Waals surface area contributed by atoms with Crippen molar-refractivity contribution in [2.24, 2.45) is 0 Å². The lowest BCUT2D eigenvalue weighted by Gasteiger charge is -2.30. The standard InChI is InChI=1S/C26H36N2O5S/c1-4-27(5-2)23-11-9-21(10-12-23)16-28(24-13-14-34(31,32)19-24)17-25(30)18-33-26-8-6-7-22(15-26)20(3)29/h6-12,15,24-25,30H,4-5,13-14,16-19H2,1-3H3. The first-order valence-electron chi connectivity index (χ1n) is 11.9. The number of benzene rings is 2. The Labute approximate surface area is 203 Å². The highest BCUT2D eigenvalue weighted by molar-refractivity contribution is 7.91. The zero-order chi connectivity index (χ0) is 24.7. The molecule has 2 aromatic carbocycles. The summed E-state index contributed by atoms with van der Waals surface area (Å²) in [6, 6.07) is 15.1. The summed E-state index contributed by atoms with van der Waals surface area (Å²) in [5.41, 5.74) is 2.78. The number of rotatable bonds is 12. The minimum atomic E-state index is -3.05. The third-order valence-corrected chi connectivity index (χ3v) is 8.05. The molecule has 0 saturated carbocycles. The first kappa shape index (κ1) is 26.2. The van der Waals surface area contributed by atoms with Crippen molar-refractivity contribution in [3.8, 4) is 5.75 Å². The molecule has 1 saturated heterocycles. The van der Waals surface area contributed by atoms with Crippen LogP contribution in [0.3, 0.4) is 0 Å². The lowest BCUT2D eigenvalue weighted by atomic mass is 10.1. The van der Waals surface area contributed by atoms with Gasteiger partial charge in [0.05, 0.1) is 11.5 Å². The summed E-state index contributed by atoms with van der Waals surface area (Å²) in [6.45, 7) is 8.51. The fourth-order valence-corrected chi connectivity index (χ4v) is 6.12. The van der Waals surface area contributed by atoms with E-state index in [-0.39, 0.29) is 29.9 Å². The van der Waals surface area contributed by atoms with Gasteiger partial charge in [0, 0.05) is 43.5 Å². The quantitative estimate of drug-likeness (QED) is 0.459. The Bertz CT molecular complexity index is 1050. The molecule has 2 atom stereocenters. The van der Waals surface area contributed by atoms with Crippen LogP contribution in [-0.4, -0.2) is 74.1 Å². The molecule has 0 amide bonds. The van der Waals surface area contributed by atoms with E-state index in [2.05, 4.69) is 47.9 Å². The average Bonchev–Trinajstić information content (AvgIpc) is 3.19. The maximum absolute atomic E-state index is 12.1. The van der Waals surface area contributed by atoms with Crippen molar-refractivity contribution >= 4 is 21.3 Å². The Kier molecular flexibility index (Phi) is 9.10. The topological polar surface area (TPSA) is 87.2 Å². The monoisotopic (exact) mass is 488 g/mol. The minimum absolute atomic E-state index is 0.0494. The van der Waals surface area contributed by atoms with Crippen LogP contribution in [0.5, 0.6) is 5.75 Å². The van der Waals surface area contributed by atoms with Crippen molar-refractivity contribution in [3.05, 3.63) is 59.7 Å². The lowest BCUT2D eigenvalue weighted by molar-refractivity contribution is 0.0524. The van der Waals surface area contributed by atoms with Crippen molar-refractivity contribution in [2.75, 3.05) is 42.6 Å². The van der Waals surface area contributed by atoms with E-state index in [9.17, 15) is 18.3 Å². The molecule has 0 spiro atoms. The number of aliphatic hydroxyl groups excluding tert-OH is 1. The van der Waals surface area contributed by atoms with E-state index >= 15 is 0 Å². The van der Waals surface area contributed by atoms with Crippen LogP contribution in [-0.2, 0) is 16.4 Å². The molecule has 1 aliphatic heterocycles. The summed E-state index contributed by atoms with van der Waals surface area (Å²) in [7, 11) is -3.05. The molecule has 2 unspecified atom stereocenters. The molecule has 2 aromatic rings. The minimum Gasteiger partial charge on any atom is -0.491 e.